The second-order valence-electron chi connectivity index (χ2n) is 5.56. The highest BCUT2D eigenvalue weighted by atomic mass is 32.2. The third kappa shape index (κ3) is 2.85. The highest BCUT2D eigenvalue weighted by Crippen LogP contribution is 2.22. The molecule has 6 nitrogen and oxygen atoms in total. The number of nitrogens with zero attached hydrogens (tertiary/aromatic N) is 3. The number of aromatic amines is 1. The van der Waals surface area contributed by atoms with Gasteiger partial charge in [0.15, 0.2) is 0 Å². The van der Waals surface area contributed by atoms with Gasteiger partial charge in [0.05, 0.1) is 16.9 Å². The Morgan fingerprint density at radius 3 is 2.65 bits per heavy atom. The summed E-state index contributed by atoms with van der Waals surface area (Å²) in [6.07, 6.45) is 1.71. The Kier molecular flexibility index (Phi) is 3.91. The standard InChI is InChI=1S/C16H18N4O2S/c1-11-16(12(2)19-18-11)23(21,22)20(3)10-13-8-14-6-4-5-7-15(14)17-9-13/h4-9H,10H2,1-3H3,(H,18,19). The summed E-state index contributed by atoms with van der Waals surface area (Å²) in [5.41, 5.74) is 2.76. The number of sulfonamides is 1. The average Bonchev–Trinajstić information content (AvgIpc) is 2.86. The van der Waals surface area contributed by atoms with Crippen LogP contribution in [0.4, 0.5) is 0 Å². The number of fused-ring (bicyclic) bond motifs is 1. The van der Waals surface area contributed by atoms with Crippen LogP contribution in [0.3, 0.4) is 0 Å². The molecule has 0 aliphatic heterocycles. The lowest BCUT2D eigenvalue weighted by molar-refractivity contribution is 0.465. The first kappa shape index (κ1) is 15.6. The number of H-pyrrole nitrogens is 1. The van der Waals surface area contributed by atoms with E-state index in [2.05, 4.69) is 15.2 Å². The van der Waals surface area contributed by atoms with E-state index in [0.717, 1.165) is 16.5 Å². The molecule has 0 fully saturated rings. The van der Waals surface area contributed by atoms with E-state index in [1.54, 1.807) is 27.1 Å². The van der Waals surface area contributed by atoms with Gasteiger partial charge in [0.2, 0.25) is 10.0 Å². The van der Waals surface area contributed by atoms with E-state index in [-0.39, 0.29) is 11.4 Å². The average molecular weight is 330 g/mol. The molecule has 2 heterocycles. The number of rotatable bonds is 4. The van der Waals surface area contributed by atoms with E-state index in [1.165, 1.54) is 4.31 Å². The minimum Gasteiger partial charge on any atom is -0.281 e. The zero-order chi connectivity index (χ0) is 16.6. The minimum absolute atomic E-state index is 0.244. The van der Waals surface area contributed by atoms with Crippen LogP contribution in [-0.4, -0.2) is 35.0 Å². The summed E-state index contributed by atoms with van der Waals surface area (Å²) in [5, 5.41) is 7.68. The van der Waals surface area contributed by atoms with Crippen LogP contribution < -0.4 is 0 Å². The van der Waals surface area contributed by atoms with Crippen molar-refractivity contribution in [2.24, 2.45) is 0 Å². The molecule has 120 valence electrons. The van der Waals surface area contributed by atoms with Crippen molar-refractivity contribution in [1.82, 2.24) is 19.5 Å². The molecule has 0 amide bonds. The Balaban J connectivity index is 1.92. The lowest BCUT2D eigenvalue weighted by Gasteiger charge is -2.17. The van der Waals surface area contributed by atoms with Gasteiger partial charge in [-0.15, -0.1) is 0 Å². The van der Waals surface area contributed by atoms with Gasteiger partial charge in [-0.25, -0.2) is 8.42 Å². The minimum atomic E-state index is -3.60. The molecule has 3 aromatic rings. The summed E-state index contributed by atoms with van der Waals surface area (Å²) in [6, 6.07) is 9.72. The molecule has 3 rings (SSSR count). The van der Waals surface area contributed by atoms with Gasteiger partial charge in [-0.1, -0.05) is 18.2 Å². The number of aryl methyl sites for hydroxylation is 2. The first-order chi connectivity index (χ1) is 10.9. The van der Waals surface area contributed by atoms with Gasteiger partial charge in [0.25, 0.3) is 0 Å². The Morgan fingerprint density at radius 1 is 1.22 bits per heavy atom. The van der Waals surface area contributed by atoms with Gasteiger partial charge in [-0.2, -0.15) is 9.40 Å². The molecular weight excluding hydrogens is 312 g/mol. The summed E-state index contributed by atoms with van der Waals surface area (Å²) >= 11 is 0. The molecule has 0 unspecified atom stereocenters. The van der Waals surface area contributed by atoms with Crippen LogP contribution in [0.2, 0.25) is 0 Å². The van der Waals surface area contributed by atoms with Crippen molar-refractivity contribution in [2.45, 2.75) is 25.3 Å². The highest BCUT2D eigenvalue weighted by Gasteiger charge is 2.27. The number of benzene rings is 1. The zero-order valence-corrected chi connectivity index (χ0v) is 14.1. The molecule has 0 saturated carbocycles. The molecule has 0 spiro atoms. The van der Waals surface area contributed by atoms with Crippen LogP contribution in [0.25, 0.3) is 10.9 Å². The van der Waals surface area contributed by atoms with Crippen molar-refractivity contribution in [1.29, 1.82) is 0 Å². The van der Waals surface area contributed by atoms with E-state index < -0.39 is 10.0 Å². The van der Waals surface area contributed by atoms with Gasteiger partial charge >= 0.3 is 0 Å². The van der Waals surface area contributed by atoms with Crippen LogP contribution in [0, 0.1) is 13.8 Å². The molecule has 1 N–H and O–H groups in total. The molecule has 0 radical (unpaired) electrons. The Labute approximate surface area is 135 Å². The summed E-state index contributed by atoms with van der Waals surface area (Å²) in [7, 11) is -2.03. The topological polar surface area (TPSA) is 79.0 Å². The number of para-hydroxylation sites is 1. The monoisotopic (exact) mass is 330 g/mol. The molecule has 1 aromatic carbocycles. The number of pyridine rings is 1. The van der Waals surface area contributed by atoms with Crippen molar-refractivity contribution in [3.05, 3.63) is 53.5 Å². The third-order valence-electron chi connectivity index (χ3n) is 3.78. The second kappa shape index (κ2) is 5.75. The Bertz CT molecular complexity index is 944. The number of nitrogens with one attached hydrogen (secondary N) is 1. The van der Waals surface area contributed by atoms with Crippen LogP contribution in [-0.2, 0) is 16.6 Å². The van der Waals surface area contributed by atoms with Crippen molar-refractivity contribution < 1.29 is 8.42 Å². The smallest absolute Gasteiger partial charge is 0.246 e. The fraction of sp³-hybridized carbons (Fsp3) is 0.250. The summed E-state index contributed by atoms with van der Waals surface area (Å²) < 4.78 is 26.8. The van der Waals surface area contributed by atoms with E-state index in [1.807, 2.05) is 30.3 Å². The first-order valence-electron chi connectivity index (χ1n) is 7.21. The van der Waals surface area contributed by atoms with E-state index >= 15 is 0 Å². The van der Waals surface area contributed by atoms with E-state index in [4.69, 9.17) is 0 Å². The third-order valence-corrected chi connectivity index (χ3v) is 5.85. The maximum atomic E-state index is 12.7. The van der Waals surface area contributed by atoms with Crippen LogP contribution in [0.15, 0.2) is 41.4 Å². The van der Waals surface area contributed by atoms with Crippen molar-refractivity contribution in [2.75, 3.05) is 7.05 Å². The lowest BCUT2D eigenvalue weighted by atomic mass is 10.1. The Hall–Kier alpha value is -2.25. The summed E-state index contributed by atoms with van der Waals surface area (Å²) in [4.78, 5) is 4.62. The van der Waals surface area contributed by atoms with Gasteiger partial charge < -0.3 is 0 Å². The van der Waals surface area contributed by atoms with Gasteiger partial charge in [-0.3, -0.25) is 10.1 Å². The first-order valence-corrected chi connectivity index (χ1v) is 8.65. The second-order valence-corrected chi connectivity index (χ2v) is 7.54. The normalized spacial score (nSPS) is 12.2. The molecular formula is C16H18N4O2S. The fourth-order valence-electron chi connectivity index (χ4n) is 2.62. The number of hydrogen-bond acceptors (Lipinski definition) is 4. The molecule has 0 aliphatic carbocycles. The summed E-state index contributed by atoms with van der Waals surface area (Å²) in [5.74, 6) is 0. The largest absolute Gasteiger partial charge is 0.281 e. The van der Waals surface area contributed by atoms with Crippen molar-refractivity contribution >= 4 is 20.9 Å². The van der Waals surface area contributed by atoms with E-state index in [0.29, 0.717) is 11.4 Å². The number of aromatic nitrogens is 3. The molecule has 23 heavy (non-hydrogen) atoms. The molecule has 0 atom stereocenters. The van der Waals surface area contributed by atoms with Gasteiger partial charge in [0, 0.05) is 25.2 Å². The van der Waals surface area contributed by atoms with Crippen molar-refractivity contribution in [3.63, 3.8) is 0 Å². The highest BCUT2D eigenvalue weighted by molar-refractivity contribution is 7.89. The maximum Gasteiger partial charge on any atom is 0.246 e. The van der Waals surface area contributed by atoms with Gasteiger partial charge in [-0.05, 0) is 31.5 Å². The van der Waals surface area contributed by atoms with E-state index in [9.17, 15) is 8.42 Å². The van der Waals surface area contributed by atoms with Crippen LogP contribution >= 0.6 is 0 Å². The summed E-state index contributed by atoms with van der Waals surface area (Å²) in [6.45, 7) is 3.64. The maximum absolute atomic E-state index is 12.7. The molecule has 0 bridgehead atoms. The molecule has 2 aromatic heterocycles. The van der Waals surface area contributed by atoms with Crippen LogP contribution in [0.5, 0.6) is 0 Å². The van der Waals surface area contributed by atoms with Crippen LogP contribution in [0.1, 0.15) is 17.0 Å². The SMILES string of the molecule is Cc1n[nH]c(C)c1S(=O)(=O)N(C)Cc1cnc2ccccc2c1. The quantitative estimate of drug-likeness (QED) is 0.796. The zero-order valence-electron chi connectivity index (χ0n) is 13.2. The molecule has 7 heteroatoms. The Morgan fingerprint density at radius 2 is 1.96 bits per heavy atom. The van der Waals surface area contributed by atoms with Crippen molar-refractivity contribution in [3.8, 4) is 0 Å². The number of hydrogen-bond donors (Lipinski definition) is 1. The lowest BCUT2D eigenvalue weighted by Crippen LogP contribution is -2.27. The van der Waals surface area contributed by atoms with Gasteiger partial charge in [0.1, 0.15) is 4.90 Å². The predicted molar refractivity (Wildman–Crippen MR) is 88.5 cm³/mol. The predicted octanol–water partition coefficient (Wildman–Crippen LogP) is 2.40. The molecule has 0 saturated heterocycles. The molecule has 0 aliphatic rings. The fourth-order valence-corrected chi connectivity index (χ4v) is 4.10.